The largest absolute Gasteiger partial charge is 0.496 e. The molecule has 0 spiro atoms. The molecule has 0 atom stereocenters. The molecule has 2 aromatic carbocycles. The highest BCUT2D eigenvalue weighted by Gasteiger charge is 2.14. The second-order valence-electron chi connectivity index (χ2n) is 4.98. The minimum Gasteiger partial charge on any atom is -0.496 e. The number of ether oxygens (including phenoxy) is 2. The molecule has 2 aromatic rings. The summed E-state index contributed by atoms with van der Waals surface area (Å²) >= 11 is 0. The van der Waals surface area contributed by atoms with E-state index >= 15 is 0 Å². The van der Waals surface area contributed by atoms with E-state index in [9.17, 15) is 9.90 Å². The number of carboxylic acids is 1. The highest BCUT2D eigenvalue weighted by atomic mass is 16.5. The molecule has 0 saturated carbocycles. The summed E-state index contributed by atoms with van der Waals surface area (Å²) in [5.74, 6) is 0.308. The lowest BCUT2D eigenvalue weighted by atomic mass is 10.0. The first-order valence-corrected chi connectivity index (χ1v) is 7.47. The van der Waals surface area contributed by atoms with E-state index in [1.54, 1.807) is 24.3 Å². The van der Waals surface area contributed by atoms with Crippen LogP contribution in [0.2, 0.25) is 0 Å². The minimum atomic E-state index is -0.999. The zero-order chi connectivity index (χ0) is 16.7. The Morgan fingerprint density at radius 2 is 1.83 bits per heavy atom. The molecular weight excluding hydrogens is 292 g/mol. The van der Waals surface area contributed by atoms with Gasteiger partial charge >= 0.3 is 5.97 Å². The van der Waals surface area contributed by atoms with Crippen molar-refractivity contribution in [2.45, 2.75) is 13.3 Å². The molecule has 120 valence electrons. The van der Waals surface area contributed by atoms with E-state index in [0.717, 1.165) is 17.7 Å². The molecule has 0 aliphatic rings. The van der Waals surface area contributed by atoms with Crippen molar-refractivity contribution in [2.75, 3.05) is 13.7 Å². The second kappa shape index (κ2) is 8.03. The van der Waals surface area contributed by atoms with Crippen molar-refractivity contribution < 1.29 is 19.4 Å². The molecule has 0 amide bonds. The van der Waals surface area contributed by atoms with Crippen LogP contribution >= 0.6 is 0 Å². The van der Waals surface area contributed by atoms with Gasteiger partial charge in [-0.1, -0.05) is 37.3 Å². The van der Waals surface area contributed by atoms with Crippen molar-refractivity contribution in [2.24, 2.45) is 0 Å². The van der Waals surface area contributed by atoms with Crippen LogP contribution in [-0.4, -0.2) is 24.8 Å². The maximum Gasteiger partial charge on any atom is 0.336 e. The Morgan fingerprint density at radius 1 is 1.13 bits per heavy atom. The SMILES string of the molecule is CCCOc1ccc(/C=C(\C(=O)O)c2ccccc2OC)cc1. The number of aliphatic carboxylic acids is 1. The van der Waals surface area contributed by atoms with Crippen molar-refractivity contribution in [1.82, 2.24) is 0 Å². The molecule has 0 unspecified atom stereocenters. The number of methoxy groups -OCH3 is 1. The van der Waals surface area contributed by atoms with Crippen molar-refractivity contribution in [3.05, 3.63) is 59.7 Å². The van der Waals surface area contributed by atoms with Gasteiger partial charge in [-0.25, -0.2) is 4.79 Å². The Kier molecular flexibility index (Phi) is 5.80. The first kappa shape index (κ1) is 16.6. The maximum atomic E-state index is 11.6. The molecule has 0 radical (unpaired) electrons. The number of para-hydroxylation sites is 1. The fourth-order valence-electron chi connectivity index (χ4n) is 2.17. The van der Waals surface area contributed by atoms with E-state index in [1.165, 1.54) is 7.11 Å². The summed E-state index contributed by atoms with van der Waals surface area (Å²) < 4.78 is 10.8. The normalized spacial score (nSPS) is 11.1. The van der Waals surface area contributed by atoms with Gasteiger partial charge in [0.1, 0.15) is 11.5 Å². The van der Waals surface area contributed by atoms with Crippen LogP contribution in [0.4, 0.5) is 0 Å². The number of hydrogen-bond acceptors (Lipinski definition) is 3. The van der Waals surface area contributed by atoms with Crippen molar-refractivity contribution in [3.63, 3.8) is 0 Å². The summed E-state index contributed by atoms with van der Waals surface area (Å²) in [4.78, 5) is 11.6. The zero-order valence-electron chi connectivity index (χ0n) is 13.3. The van der Waals surface area contributed by atoms with Crippen LogP contribution in [0.3, 0.4) is 0 Å². The monoisotopic (exact) mass is 312 g/mol. The topological polar surface area (TPSA) is 55.8 Å². The Balaban J connectivity index is 2.34. The van der Waals surface area contributed by atoms with Gasteiger partial charge in [-0.2, -0.15) is 0 Å². The molecule has 0 aliphatic carbocycles. The van der Waals surface area contributed by atoms with Crippen LogP contribution in [0.1, 0.15) is 24.5 Å². The number of rotatable bonds is 7. The number of benzene rings is 2. The summed E-state index contributed by atoms with van der Waals surface area (Å²) in [7, 11) is 1.53. The highest BCUT2D eigenvalue weighted by Crippen LogP contribution is 2.28. The van der Waals surface area contributed by atoms with Gasteiger partial charge in [0.2, 0.25) is 0 Å². The lowest BCUT2D eigenvalue weighted by Crippen LogP contribution is -2.02. The number of carbonyl (C=O) groups is 1. The average Bonchev–Trinajstić information content (AvgIpc) is 2.58. The van der Waals surface area contributed by atoms with Gasteiger partial charge in [0.15, 0.2) is 0 Å². The predicted molar refractivity (Wildman–Crippen MR) is 90.7 cm³/mol. The van der Waals surface area contributed by atoms with E-state index in [1.807, 2.05) is 37.3 Å². The fraction of sp³-hybridized carbons (Fsp3) is 0.211. The van der Waals surface area contributed by atoms with Crippen molar-refractivity contribution >= 4 is 17.6 Å². The third kappa shape index (κ3) is 4.36. The standard InChI is InChI=1S/C19H20O4/c1-3-12-23-15-10-8-14(9-11-15)13-17(19(20)21)16-6-4-5-7-18(16)22-2/h4-11,13H,3,12H2,1-2H3,(H,20,21)/b17-13-. The maximum absolute atomic E-state index is 11.6. The molecular formula is C19H20O4. The van der Waals surface area contributed by atoms with E-state index in [0.29, 0.717) is 17.9 Å². The first-order valence-electron chi connectivity index (χ1n) is 7.47. The molecule has 0 bridgehead atoms. The van der Waals surface area contributed by atoms with Gasteiger partial charge < -0.3 is 14.6 Å². The lowest BCUT2D eigenvalue weighted by molar-refractivity contribution is -0.130. The van der Waals surface area contributed by atoms with Gasteiger partial charge in [0.05, 0.1) is 19.3 Å². The summed E-state index contributed by atoms with van der Waals surface area (Å²) in [6, 6.07) is 14.4. The molecule has 2 rings (SSSR count). The van der Waals surface area contributed by atoms with Crippen LogP contribution in [0.25, 0.3) is 11.6 Å². The quantitative estimate of drug-likeness (QED) is 0.617. The second-order valence-corrected chi connectivity index (χ2v) is 4.98. The van der Waals surface area contributed by atoms with Gasteiger partial charge in [-0.15, -0.1) is 0 Å². The van der Waals surface area contributed by atoms with Gasteiger partial charge in [-0.05, 0) is 36.3 Å². The Hall–Kier alpha value is -2.75. The van der Waals surface area contributed by atoms with Crippen molar-refractivity contribution in [1.29, 1.82) is 0 Å². The van der Waals surface area contributed by atoms with E-state index in [-0.39, 0.29) is 5.57 Å². The molecule has 4 nitrogen and oxygen atoms in total. The Morgan fingerprint density at radius 3 is 2.43 bits per heavy atom. The number of carboxylic acid groups (broad SMARTS) is 1. The third-order valence-corrected chi connectivity index (χ3v) is 3.29. The summed E-state index contributed by atoms with van der Waals surface area (Å²) in [5, 5.41) is 9.53. The Bertz CT molecular complexity index is 687. The molecule has 1 N–H and O–H groups in total. The van der Waals surface area contributed by atoms with Gasteiger partial charge in [0.25, 0.3) is 0 Å². The van der Waals surface area contributed by atoms with E-state index in [2.05, 4.69) is 0 Å². The van der Waals surface area contributed by atoms with E-state index < -0.39 is 5.97 Å². The van der Waals surface area contributed by atoms with Crippen molar-refractivity contribution in [3.8, 4) is 11.5 Å². The van der Waals surface area contributed by atoms with E-state index in [4.69, 9.17) is 9.47 Å². The zero-order valence-corrected chi connectivity index (χ0v) is 13.3. The fourth-order valence-corrected chi connectivity index (χ4v) is 2.17. The van der Waals surface area contributed by atoms with Crippen LogP contribution in [-0.2, 0) is 4.79 Å². The number of hydrogen-bond donors (Lipinski definition) is 1. The van der Waals surface area contributed by atoms with Crippen LogP contribution < -0.4 is 9.47 Å². The molecule has 23 heavy (non-hydrogen) atoms. The average molecular weight is 312 g/mol. The third-order valence-electron chi connectivity index (χ3n) is 3.29. The highest BCUT2D eigenvalue weighted by molar-refractivity contribution is 6.21. The molecule has 4 heteroatoms. The summed E-state index contributed by atoms with van der Waals surface area (Å²) in [5.41, 5.74) is 1.52. The van der Waals surface area contributed by atoms with Crippen LogP contribution in [0, 0.1) is 0 Å². The lowest BCUT2D eigenvalue weighted by Gasteiger charge is -2.09. The van der Waals surface area contributed by atoms with Crippen LogP contribution in [0.15, 0.2) is 48.5 Å². The predicted octanol–water partition coefficient (Wildman–Crippen LogP) is 4.11. The summed E-state index contributed by atoms with van der Waals surface area (Å²) in [6.07, 6.45) is 2.57. The van der Waals surface area contributed by atoms with Crippen LogP contribution in [0.5, 0.6) is 11.5 Å². The molecule has 0 saturated heterocycles. The summed E-state index contributed by atoms with van der Waals surface area (Å²) in [6.45, 7) is 2.71. The molecule has 0 aromatic heterocycles. The molecule has 0 fully saturated rings. The molecule has 0 aliphatic heterocycles. The smallest absolute Gasteiger partial charge is 0.336 e. The Labute approximate surface area is 136 Å². The van der Waals surface area contributed by atoms with Gasteiger partial charge in [0, 0.05) is 5.56 Å². The first-order chi connectivity index (χ1) is 11.2. The minimum absolute atomic E-state index is 0.185. The van der Waals surface area contributed by atoms with Gasteiger partial charge in [-0.3, -0.25) is 0 Å². The molecule has 0 heterocycles.